The number of nitrogens with one attached hydrogen (secondary N) is 1. The summed E-state index contributed by atoms with van der Waals surface area (Å²) in [5.41, 5.74) is 0.226. The van der Waals surface area contributed by atoms with Gasteiger partial charge in [0.25, 0.3) is 0 Å². The first-order chi connectivity index (χ1) is 16.9. The van der Waals surface area contributed by atoms with Crippen molar-refractivity contribution in [2.45, 2.75) is 39.5 Å². The molecule has 0 atom stereocenters. The highest BCUT2D eigenvalue weighted by Crippen LogP contribution is 2.06. The van der Waals surface area contributed by atoms with Crippen LogP contribution in [0, 0.1) is 0 Å². The SMILES string of the molecule is CC(C)(C)OC(=O)NCCOCCOCCOCCOCc1cn(CCOCCOCCO)nn1. The molecule has 35 heavy (non-hydrogen) atoms. The van der Waals surface area contributed by atoms with Crippen molar-refractivity contribution < 1.29 is 43.1 Å². The van der Waals surface area contributed by atoms with Crippen LogP contribution in [0.4, 0.5) is 4.79 Å². The Morgan fingerprint density at radius 2 is 1.40 bits per heavy atom. The molecular weight excluding hydrogens is 464 g/mol. The van der Waals surface area contributed by atoms with Crippen LogP contribution < -0.4 is 5.32 Å². The molecule has 1 amide bonds. The van der Waals surface area contributed by atoms with Crippen molar-refractivity contribution in [2.24, 2.45) is 0 Å². The van der Waals surface area contributed by atoms with Gasteiger partial charge in [-0.3, -0.25) is 0 Å². The van der Waals surface area contributed by atoms with E-state index in [2.05, 4.69) is 15.6 Å². The molecule has 0 saturated heterocycles. The molecule has 0 aliphatic heterocycles. The highest BCUT2D eigenvalue weighted by Gasteiger charge is 2.15. The third-order valence-corrected chi connectivity index (χ3v) is 3.94. The van der Waals surface area contributed by atoms with E-state index in [-0.39, 0.29) is 6.61 Å². The molecule has 0 aliphatic rings. The third kappa shape index (κ3) is 20.1. The average Bonchev–Trinajstić information content (AvgIpc) is 3.25. The lowest BCUT2D eigenvalue weighted by atomic mass is 10.2. The minimum atomic E-state index is -0.511. The molecule has 0 radical (unpaired) electrons. The molecule has 13 heteroatoms. The largest absolute Gasteiger partial charge is 0.444 e. The predicted molar refractivity (Wildman–Crippen MR) is 125 cm³/mol. The van der Waals surface area contributed by atoms with E-state index in [1.807, 2.05) is 27.0 Å². The van der Waals surface area contributed by atoms with E-state index in [4.69, 9.17) is 38.3 Å². The van der Waals surface area contributed by atoms with Crippen molar-refractivity contribution in [3.05, 3.63) is 11.9 Å². The fourth-order valence-corrected chi connectivity index (χ4v) is 2.43. The van der Waals surface area contributed by atoms with Crippen LogP contribution >= 0.6 is 0 Å². The maximum absolute atomic E-state index is 11.5. The Kier molecular flexibility index (Phi) is 18.1. The number of rotatable bonds is 22. The summed E-state index contributed by atoms with van der Waals surface area (Å²) in [4.78, 5) is 11.5. The van der Waals surface area contributed by atoms with Gasteiger partial charge in [0, 0.05) is 6.54 Å². The standard InChI is InChI=1S/C22H42N4O9/c1-22(2,3)35-21(28)23-4-7-29-10-13-32-14-15-33-16-17-34-19-20-18-26(25-24-20)5-8-30-11-12-31-9-6-27/h18,27H,4-17,19H2,1-3H3,(H,23,28). The van der Waals surface area contributed by atoms with Crippen molar-refractivity contribution in [3.8, 4) is 0 Å². The zero-order valence-electron chi connectivity index (χ0n) is 21.2. The topological polar surface area (TPSA) is 145 Å². The molecule has 0 fully saturated rings. The number of aliphatic hydroxyl groups excluding tert-OH is 1. The van der Waals surface area contributed by atoms with Gasteiger partial charge >= 0.3 is 6.09 Å². The number of aliphatic hydroxyl groups is 1. The monoisotopic (exact) mass is 506 g/mol. The molecule has 0 bridgehead atoms. The normalized spacial score (nSPS) is 11.7. The van der Waals surface area contributed by atoms with Crippen LogP contribution in [0.25, 0.3) is 0 Å². The molecule has 1 heterocycles. The maximum Gasteiger partial charge on any atom is 0.407 e. The summed E-state index contributed by atoms with van der Waals surface area (Å²) in [6.45, 7) is 11.6. The lowest BCUT2D eigenvalue weighted by Gasteiger charge is -2.19. The van der Waals surface area contributed by atoms with Crippen LogP contribution in [0.5, 0.6) is 0 Å². The van der Waals surface area contributed by atoms with Crippen molar-refractivity contribution >= 4 is 6.09 Å². The number of hydrogen-bond donors (Lipinski definition) is 2. The number of carbonyl (C=O) groups excluding carboxylic acids is 1. The van der Waals surface area contributed by atoms with Crippen LogP contribution in [0.2, 0.25) is 0 Å². The summed E-state index contributed by atoms with van der Waals surface area (Å²) < 4.78 is 39.1. The molecular formula is C22H42N4O9. The number of alkyl carbamates (subject to hydrolysis) is 1. The van der Waals surface area contributed by atoms with E-state index in [9.17, 15) is 4.79 Å². The molecule has 0 spiro atoms. The first kappa shape index (κ1) is 31.2. The second-order valence-corrected chi connectivity index (χ2v) is 8.24. The van der Waals surface area contributed by atoms with Crippen molar-refractivity contribution in [3.63, 3.8) is 0 Å². The first-order valence-corrected chi connectivity index (χ1v) is 11.8. The molecule has 2 N–H and O–H groups in total. The van der Waals surface area contributed by atoms with E-state index >= 15 is 0 Å². The molecule has 1 rings (SSSR count). The molecule has 0 aromatic carbocycles. The highest BCUT2D eigenvalue weighted by molar-refractivity contribution is 5.67. The summed E-state index contributed by atoms with van der Waals surface area (Å²) in [7, 11) is 0. The van der Waals surface area contributed by atoms with Crippen molar-refractivity contribution in [1.29, 1.82) is 0 Å². The second-order valence-electron chi connectivity index (χ2n) is 8.24. The van der Waals surface area contributed by atoms with E-state index in [0.29, 0.717) is 92.4 Å². The molecule has 0 unspecified atom stereocenters. The summed E-state index contributed by atoms with van der Waals surface area (Å²) in [6.07, 6.45) is 1.36. The Bertz CT molecular complexity index is 641. The van der Waals surface area contributed by atoms with Crippen LogP contribution in [0.1, 0.15) is 26.5 Å². The minimum absolute atomic E-state index is 0.0144. The zero-order chi connectivity index (χ0) is 25.6. The van der Waals surface area contributed by atoms with Gasteiger partial charge in [0.05, 0.1) is 98.6 Å². The van der Waals surface area contributed by atoms with Gasteiger partial charge in [-0.15, -0.1) is 5.10 Å². The summed E-state index contributed by atoms with van der Waals surface area (Å²) in [5.74, 6) is 0. The molecule has 13 nitrogen and oxygen atoms in total. The molecule has 0 saturated carbocycles. The van der Waals surface area contributed by atoms with Crippen LogP contribution in [-0.2, 0) is 46.3 Å². The summed E-state index contributed by atoms with van der Waals surface area (Å²) >= 11 is 0. The lowest BCUT2D eigenvalue weighted by Crippen LogP contribution is -2.34. The molecule has 204 valence electrons. The van der Waals surface area contributed by atoms with E-state index in [0.717, 1.165) is 5.69 Å². The Morgan fingerprint density at radius 1 is 0.857 bits per heavy atom. The Morgan fingerprint density at radius 3 is 2.00 bits per heavy atom. The van der Waals surface area contributed by atoms with Crippen LogP contribution in [0.15, 0.2) is 6.20 Å². The minimum Gasteiger partial charge on any atom is -0.444 e. The number of nitrogens with zero attached hydrogens (tertiary/aromatic N) is 3. The fraction of sp³-hybridized carbons (Fsp3) is 0.864. The highest BCUT2D eigenvalue weighted by atomic mass is 16.6. The molecule has 1 aromatic heterocycles. The van der Waals surface area contributed by atoms with Gasteiger partial charge in [-0.25, -0.2) is 9.48 Å². The van der Waals surface area contributed by atoms with E-state index < -0.39 is 11.7 Å². The lowest BCUT2D eigenvalue weighted by molar-refractivity contribution is -0.00440. The number of carbonyl (C=O) groups is 1. The van der Waals surface area contributed by atoms with Crippen LogP contribution in [-0.4, -0.2) is 118 Å². The summed E-state index contributed by atoms with van der Waals surface area (Å²) in [5, 5.41) is 19.3. The maximum atomic E-state index is 11.5. The van der Waals surface area contributed by atoms with Crippen LogP contribution in [0.3, 0.4) is 0 Å². The van der Waals surface area contributed by atoms with E-state index in [1.165, 1.54) is 0 Å². The molecule has 1 aromatic rings. The van der Waals surface area contributed by atoms with Gasteiger partial charge in [0.1, 0.15) is 11.3 Å². The smallest absolute Gasteiger partial charge is 0.407 e. The summed E-state index contributed by atoms with van der Waals surface area (Å²) in [6, 6.07) is 0. The van der Waals surface area contributed by atoms with Gasteiger partial charge in [0.15, 0.2) is 0 Å². The van der Waals surface area contributed by atoms with E-state index in [1.54, 1.807) is 4.68 Å². The quantitative estimate of drug-likeness (QED) is 0.211. The Balaban J connectivity index is 1.84. The predicted octanol–water partition coefficient (Wildman–Crippen LogP) is 0.395. The van der Waals surface area contributed by atoms with Gasteiger partial charge < -0.3 is 43.6 Å². The first-order valence-electron chi connectivity index (χ1n) is 11.8. The van der Waals surface area contributed by atoms with Gasteiger partial charge in [-0.1, -0.05) is 5.21 Å². The zero-order valence-corrected chi connectivity index (χ0v) is 21.2. The third-order valence-electron chi connectivity index (χ3n) is 3.94. The number of amides is 1. The van der Waals surface area contributed by atoms with Gasteiger partial charge in [0.2, 0.25) is 0 Å². The number of hydrogen-bond acceptors (Lipinski definition) is 11. The van der Waals surface area contributed by atoms with Gasteiger partial charge in [-0.05, 0) is 20.8 Å². The van der Waals surface area contributed by atoms with Crippen molar-refractivity contribution in [2.75, 3.05) is 85.8 Å². The van der Waals surface area contributed by atoms with Gasteiger partial charge in [-0.2, -0.15) is 0 Å². The number of ether oxygens (including phenoxy) is 7. The fourth-order valence-electron chi connectivity index (χ4n) is 2.43. The van der Waals surface area contributed by atoms with Crippen molar-refractivity contribution in [1.82, 2.24) is 20.3 Å². The average molecular weight is 507 g/mol. The number of aromatic nitrogens is 3. The Labute approximate surface area is 207 Å². The Hall–Kier alpha value is -1.87. The second kappa shape index (κ2) is 20.3. The molecule has 0 aliphatic carbocycles.